The van der Waals surface area contributed by atoms with Crippen LogP contribution in [0.25, 0.3) is 5.57 Å². The van der Waals surface area contributed by atoms with E-state index in [0.29, 0.717) is 5.92 Å². The Balaban J connectivity index is 3.36. The number of rotatable bonds is 6. The zero-order valence-electron chi connectivity index (χ0n) is 14.5. The van der Waals surface area contributed by atoms with Gasteiger partial charge < -0.3 is 0 Å². The van der Waals surface area contributed by atoms with Crippen molar-refractivity contribution in [3.63, 3.8) is 0 Å². The summed E-state index contributed by atoms with van der Waals surface area (Å²) in [6.07, 6.45) is 3.64. The summed E-state index contributed by atoms with van der Waals surface area (Å²) in [6, 6.07) is 6.98. The maximum Gasteiger partial charge on any atom is -0.0159 e. The summed E-state index contributed by atoms with van der Waals surface area (Å²) < 4.78 is 0. The Kier molecular flexibility index (Phi) is 6.52. The molecule has 0 radical (unpaired) electrons. The highest BCUT2D eigenvalue weighted by molar-refractivity contribution is 5.72. The molecule has 0 saturated heterocycles. The van der Waals surface area contributed by atoms with Gasteiger partial charge in [0.05, 0.1) is 0 Å². The van der Waals surface area contributed by atoms with E-state index >= 15 is 0 Å². The highest BCUT2D eigenvalue weighted by Crippen LogP contribution is 2.35. The molecule has 0 aromatic heterocycles. The standard InChI is InChI=1S/C20H32/c1-8-10-18-12-11-15(5)13-19(18)20(14(3)4)17(7)16(6)9-2/h11-13,16-17H,8-10H2,1-7H3. The SMILES string of the molecule is CCCc1ccc(C)cc1C(=C(C)C)C(C)C(C)CC. The van der Waals surface area contributed by atoms with Crippen LogP contribution in [0.15, 0.2) is 23.8 Å². The van der Waals surface area contributed by atoms with Crippen molar-refractivity contribution in [2.75, 3.05) is 0 Å². The Labute approximate surface area is 126 Å². The van der Waals surface area contributed by atoms with Gasteiger partial charge in [-0.25, -0.2) is 0 Å². The molecule has 0 saturated carbocycles. The molecule has 0 nitrogen and oxygen atoms in total. The maximum absolute atomic E-state index is 2.40. The van der Waals surface area contributed by atoms with E-state index in [2.05, 4.69) is 66.7 Å². The molecule has 0 heteroatoms. The van der Waals surface area contributed by atoms with Gasteiger partial charge in [0.2, 0.25) is 0 Å². The second kappa shape index (κ2) is 7.67. The van der Waals surface area contributed by atoms with Gasteiger partial charge >= 0.3 is 0 Å². The van der Waals surface area contributed by atoms with Crippen molar-refractivity contribution in [2.24, 2.45) is 11.8 Å². The molecule has 0 aliphatic carbocycles. The van der Waals surface area contributed by atoms with Gasteiger partial charge in [0.25, 0.3) is 0 Å². The molecule has 1 aromatic carbocycles. The molecule has 0 fully saturated rings. The summed E-state index contributed by atoms with van der Waals surface area (Å²) in [4.78, 5) is 0. The van der Waals surface area contributed by atoms with E-state index in [0.717, 1.165) is 5.92 Å². The summed E-state index contributed by atoms with van der Waals surface area (Å²) in [7, 11) is 0. The quantitative estimate of drug-likeness (QED) is 0.560. The lowest BCUT2D eigenvalue weighted by molar-refractivity contribution is 0.456. The van der Waals surface area contributed by atoms with Gasteiger partial charge in [0.15, 0.2) is 0 Å². The Morgan fingerprint density at radius 2 is 1.75 bits per heavy atom. The summed E-state index contributed by atoms with van der Waals surface area (Å²) in [6.45, 7) is 16.1. The smallest absolute Gasteiger partial charge is 0.0159 e. The van der Waals surface area contributed by atoms with Crippen LogP contribution in [0.3, 0.4) is 0 Å². The summed E-state index contributed by atoms with van der Waals surface area (Å²) in [5.74, 6) is 1.36. The molecule has 0 aliphatic rings. The lowest BCUT2D eigenvalue weighted by Crippen LogP contribution is -2.12. The Hall–Kier alpha value is -1.04. The van der Waals surface area contributed by atoms with Crippen molar-refractivity contribution in [1.29, 1.82) is 0 Å². The lowest BCUT2D eigenvalue weighted by Gasteiger charge is -2.26. The molecule has 0 N–H and O–H groups in total. The molecule has 0 spiro atoms. The molecule has 1 aromatic rings. The highest BCUT2D eigenvalue weighted by atomic mass is 14.2. The van der Waals surface area contributed by atoms with Crippen LogP contribution in [-0.4, -0.2) is 0 Å². The zero-order chi connectivity index (χ0) is 15.3. The first kappa shape index (κ1) is 17.0. The van der Waals surface area contributed by atoms with Gasteiger partial charge in [-0.05, 0) is 55.7 Å². The molecule has 0 amide bonds. The topological polar surface area (TPSA) is 0 Å². The largest absolute Gasteiger partial charge is 0.0723 e. The third-order valence-electron chi connectivity index (χ3n) is 4.57. The average Bonchev–Trinajstić information content (AvgIpc) is 2.40. The van der Waals surface area contributed by atoms with Crippen molar-refractivity contribution in [3.8, 4) is 0 Å². The molecule has 1 rings (SSSR count). The predicted molar refractivity (Wildman–Crippen MR) is 92.1 cm³/mol. The molecule has 0 bridgehead atoms. The second-order valence-electron chi connectivity index (χ2n) is 6.50. The normalized spacial score (nSPS) is 13.9. The molecule has 2 atom stereocenters. The van der Waals surface area contributed by atoms with Crippen LogP contribution in [0.5, 0.6) is 0 Å². The third-order valence-corrected chi connectivity index (χ3v) is 4.57. The van der Waals surface area contributed by atoms with Gasteiger partial charge in [-0.1, -0.05) is 69.9 Å². The first-order valence-corrected chi connectivity index (χ1v) is 8.19. The number of hydrogen-bond acceptors (Lipinski definition) is 0. The van der Waals surface area contributed by atoms with Crippen LogP contribution in [0.4, 0.5) is 0 Å². The van der Waals surface area contributed by atoms with Crippen LogP contribution in [0.1, 0.15) is 71.1 Å². The van der Waals surface area contributed by atoms with Crippen molar-refractivity contribution >= 4 is 5.57 Å². The fourth-order valence-corrected chi connectivity index (χ4v) is 3.04. The summed E-state index contributed by atoms with van der Waals surface area (Å²) in [5, 5.41) is 0. The average molecular weight is 272 g/mol. The highest BCUT2D eigenvalue weighted by Gasteiger charge is 2.20. The molecule has 0 aliphatic heterocycles. The van der Waals surface area contributed by atoms with E-state index in [1.54, 1.807) is 5.57 Å². The molecule has 20 heavy (non-hydrogen) atoms. The second-order valence-corrected chi connectivity index (χ2v) is 6.50. The van der Waals surface area contributed by atoms with E-state index in [1.807, 2.05) is 0 Å². The molecular formula is C20H32. The Morgan fingerprint density at radius 1 is 1.10 bits per heavy atom. The third kappa shape index (κ3) is 3.98. The van der Waals surface area contributed by atoms with E-state index in [-0.39, 0.29) is 0 Å². The molecule has 112 valence electrons. The van der Waals surface area contributed by atoms with E-state index in [4.69, 9.17) is 0 Å². The fraction of sp³-hybridized carbons (Fsp3) is 0.600. The minimum Gasteiger partial charge on any atom is -0.0723 e. The van der Waals surface area contributed by atoms with Crippen molar-refractivity contribution in [2.45, 2.75) is 67.7 Å². The first-order valence-electron chi connectivity index (χ1n) is 8.19. The Bertz CT molecular complexity index is 461. The fourth-order valence-electron chi connectivity index (χ4n) is 3.04. The summed E-state index contributed by atoms with van der Waals surface area (Å²) >= 11 is 0. The summed E-state index contributed by atoms with van der Waals surface area (Å²) in [5.41, 5.74) is 7.44. The molecule has 2 unspecified atom stereocenters. The number of benzene rings is 1. The van der Waals surface area contributed by atoms with Crippen LogP contribution in [0.2, 0.25) is 0 Å². The van der Waals surface area contributed by atoms with E-state index < -0.39 is 0 Å². The van der Waals surface area contributed by atoms with Crippen LogP contribution < -0.4 is 0 Å². The van der Waals surface area contributed by atoms with Crippen LogP contribution in [0, 0.1) is 18.8 Å². The van der Waals surface area contributed by atoms with Gasteiger partial charge in [-0.15, -0.1) is 0 Å². The van der Waals surface area contributed by atoms with Crippen LogP contribution >= 0.6 is 0 Å². The minimum atomic E-state index is 0.627. The van der Waals surface area contributed by atoms with Gasteiger partial charge in [0.1, 0.15) is 0 Å². The van der Waals surface area contributed by atoms with Crippen molar-refractivity contribution in [1.82, 2.24) is 0 Å². The number of allylic oxidation sites excluding steroid dienone is 2. The monoisotopic (exact) mass is 272 g/mol. The van der Waals surface area contributed by atoms with Crippen molar-refractivity contribution < 1.29 is 0 Å². The van der Waals surface area contributed by atoms with E-state index in [1.165, 1.54) is 41.5 Å². The molecule has 0 heterocycles. The van der Waals surface area contributed by atoms with Crippen molar-refractivity contribution in [3.05, 3.63) is 40.5 Å². The predicted octanol–water partition coefficient (Wildman–Crippen LogP) is 6.42. The van der Waals surface area contributed by atoms with Gasteiger partial charge in [-0.2, -0.15) is 0 Å². The van der Waals surface area contributed by atoms with Gasteiger partial charge in [0, 0.05) is 0 Å². The lowest BCUT2D eigenvalue weighted by atomic mass is 9.79. The first-order chi connectivity index (χ1) is 9.42. The maximum atomic E-state index is 2.40. The minimum absolute atomic E-state index is 0.627. The Morgan fingerprint density at radius 3 is 2.25 bits per heavy atom. The zero-order valence-corrected chi connectivity index (χ0v) is 14.5. The molecular weight excluding hydrogens is 240 g/mol. The number of aryl methyl sites for hydroxylation is 2. The van der Waals surface area contributed by atoms with Crippen LogP contribution in [-0.2, 0) is 6.42 Å². The van der Waals surface area contributed by atoms with E-state index in [9.17, 15) is 0 Å². The van der Waals surface area contributed by atoms with Gasteiger partial charge in [-0.3, -0.25) is 0 Å². The number of hydrogen-bond donors (Lipinski definition) is 0.